The number of carbonyl (C=O) groups is 1. The molecule has 0 heterocycles. The number of ether oxygens (including phenoxy) is 1. The number of aryl methyl sites for hydroxylation is 1. The summed E-state index contributed by atoms with van der Waals surface area (Å²) in [6, 6.07) is 10.3. The van der Waals surface area contributed by atoms with Gasteiger partial charge in [0.2, 0.25) is 16.1 Å². The number of hydrogen-bond acceptors (Lipinski definition) is 4. The molecule has 0 aromatic heterocycles. The molecule has 146 valence electrons. The van der Waals surface area contributed by atoms with Crippen LogP contribution in [0.15, 0.2) is 53.4 Å². The van der Waals surface area contributed by atoms with Crippen molar-refractivity contribution in [1.29, 1.82) is 0 Å². The summed E-state index contributed by atoms with van der Waals surface area (Å²) >= 11 is 0. The molecule has 2 aromatic carbocycles. The van der Waals surface area contributed by atoms with Crippen molar-refractivity contribution in [3.8, 4) is 0 Å². The van der Waals surface area contributed by atoms with Gasteiger partial charge >= 0.3 is 12.1 Å². The van der Waals surface area contributed by atoms with Crippen LogP contribution >= 0.6 is 0 Å². The molecule has 0 saturated carbocycles. The fraction of sp³-hybridized carbons (Fsp3) is 0.278. The minimum atomic E-state index is -4.80. The second kappa shape index (κ2) is 7.69. The molecule has 2 aromatic rings. The Morgan fingerprint density at radius 3 is 2.07 bits per heavy atom. The molecule has 0 saturated heterocycles. The lowest BCUT2D eigenvalue weighted by atomic mass is 10.0. The lowest BCUT2D eigenvalue weighted by molar-refractivity contribution is -0.207. The monoisotopic (exact) mass is 401 g/mol. The molecule has 0 spiro atoms. The first-order chi connectivity index (χ1) is 12.4. The number of nitrogens with zero attached hydrogens (tertiary/aromatic N) is 1. The van der Waals surface area contributed by atoms with Crippen molar-refractivity contribution in [2.45, 2.75) is 24.1 Å². The summed E-state index contributed by atoms with van der Waals surface area (Å²) in [6.07, 6.45) is -7.22. The number of hydrogen-bond donors (Lipinski definition) is 0. The largest absolute Gasteiger partial charge is 0.444 e. The van der Waals surface area contributed by atoms with Crippen molar-refractivity contribution in [3.05, 3.63) is 65.2 Å². The highest BCUT2D eigenvalue weighted by atomic mass is 32.2. The molecule has 1 atom stereocenters. The van der Waals surface area contributed by atoms with Crippen molar-refractivity contribution < 1.29 is 31.1 Å². The van der Waals surface area contributed by atoms with Crippen LogP contribution in [0.3, 0.4) is 0 Å². The third-order valence-electron chi connectivity index (χ3n) is 3.86. The van der Waals surface area contributed by atoms with Gasteiger partial charge in [-0.2, -0.15) is 13.2 Å². The maximum absolute atomic E-state index is 13.4. The standard InChI is InChI=1S/C18H18F3NO4S/c1-12-6-4-5-7-15(12)16(18(19,20)21)26-17(23)13-8-10-14(11-9-13)27(24,25)22(2)3/h4-11,16H,1-3H3/t16-/m1/s1. The zero-order valence-electron chi connectivity index (χ0n) is 14.8. The number of carbonyl (C=O) groups excluding carboxylic acids is 1. The van der Waals surface area contributed by atoms with E-state index in [0.717, 1.165) is 28.6 Å². The first-order valence-electron chi connectivity index (χ1n) is 7.80. The zero-order valence-corrected chi connectivity index (χ0v) is 15.6. The quantitative estimate of drug-likeness (QED) is 0.717. The highest BCUT2D eigenvalue weighted by Gasteiger charge is 2.44. The Labute approximate surface area is 155 Å². The van der Waals surface area contributed by atoms with E-state index < -0.39 is 28.3 Å². The summed E-state index contributed by atoms with van der Waals surface area (Å²) in [4.78, 5) is 12.1. The van der Waals surface area contributed by atoms with Gasteiger partial charge in [-0.3, -0.25) is 0 Å². The van der Waals surface area contributed by atoms with Crippen LogP contribution in [-0.4, -0.2) is 39.0 Å². The maximum atomic E-state index is 13.4. The number of benzene rings is 2. The molecule has 9 heteroatoms. The second-order valence-corrected chi connectivity index (χ2v) is 8.15. The zero-order chi connectivity index (χ0) is 20.4. The summed E-state index contributed by atoms with van der Waals surface area (Å²) in [5.74, 6) is -1.20. The second-order valence-electron chi connectivity index (χ2n) is 6.00. The summed E-state index contributed by atoms with van der Waals surface area (Å²) < 4.78 is 69.9. The van der Waals surface area contributed by atoms with Crippen molar-refractivity contribution in [1.82, 2.24) is 4.31 Å². The van der Waals surface area contributed by atoms with E-state index in [1.807, 2.05) is 0 Å². The van der Waals surface area contributed by atoms with Crippen LogP contribution in [0.2, 0.25) is 0 Å². The Morgan fingerprint density at radius 1 is 1.04 bits per heavy atom. The van der Waals surface area contributed by atoms with Crippen LogP contribution in [0, 0.1) is 6.92 Å². The molecule has 0 bridgehead atoms. The summed E-state index contributed by atoms with van der Waals surface area (Å²) in [6.45, 7) is 1.49. The van der Waals surface area contributed by atoms with E-state index in [0.29, 0.717) is 5.56 Å². The number of alkyl halides is 3. The lowest BCUT2D eigenvalue weighted by Gasteiger charge is -2.22. The van der Waals surface area contributed by atoms with Gasteiger partial charge in [-0.1, -0.05) is 24.3 Å². The molecule has 27 heavy (non-hydrogen) atoms. The molecule has 0 amide bonds. The Morgan fingerprint density at radius 2 is 1.59 bits per heavy atom. The molecule has 0 radical (unpaired) electrons. The van der Waals surface area contributed by atoms with E-state index in [1.54, 1.807) is 6.07 Å². The van der Waals surface area contributed by atoms with Crippen LogP contribution in [-0.2, 0) is 14.8 Å². The third kappa shape index (κ3) is 4.67. The fourth-order valence-corrected chi connectivity index (χ4v) is 3.24. The van der Waals surface area contributed by atoms with Gasteiger partial charge < -0.3 is 4.74 Å². The van der Waals surface area contributed by atoms with E-state index >= 15 is 0 Å². The van der Waals surface area contributed by atoms with Crippen LogP contribution in [0.25, 0.3) is 0 Å². The summed E-state index contributed by atoms with van der Waals surface area (Å²) in [5.41, 5.74) is -0.0132. The Hall–Kier alpha value is -2.39. The average Bonchev–Trinajstić information content (AvgIpc) is 2.59. The first-order valence-corrected chi connectivity index (χ1v) is 9.24. The molecule has 0 aliphatic rings. The van der Waals surface area contributed by atoms with E-state index in [9.17, 15) is 26.4 Å². The van der Waals surface area contributed by atoms with Crippen LogP contribution in [0.5, 0.6) is 0 Å². The van der Waals surface area contributed by atoms with Crippen molar-refractivity contribution in [3.63, 3.8) is 0 Å². The van der Waals surface area contributed by atoms with Gasteiger partial charge in [0.15, 0.2) is 0 Å². The molecular weight excluding hydrogens is 383 g/mol. The fourth-order valence-electron chi connectivity index (χ4n) is 2.34. The van der Waals surface area contributed by atoms with E-state index in [4.69, 9.17) is 4.74 Å². The van der Waals surface area contributed by atoms with Crippen molar-refractivity contribution >= 4 is 16.0 Å². The predicted octanol–water partition coefficient (Wildman–Crippen LogP) is 3.71. The molecule has 5 nitrogen and oxygen atoms in total. The van der Waals surface area contributed by atoms with Gasteiger partial charge in [-0.05, 0) is 36.8 Å². The first kappa shape index (κ1) is 20.9. The normalized spacial score (nSPS) is 13.4. The molecular formula is C18H18F3NO4S. The Bertz CT molecular complexity index is 922. The lowest BCUT2D eigenvalue weighted by Crippen LogP contribution is -2.27. The minimum Gasteiger partial charge on any atom is -0.444 e. The van der Waals surface area contributed by atoms with Gasteiger partial charge in [0.1, 0.15) is 0 Å². The van der Waals surface area contributed by atoms with Gasteiger partial charge in [0.05, 0.1) is 10.5 Å². The topological polar surface area (TPSA) is 63.7 Å². The van der Waals surface area contributed by atoms with Crippen LogP contribution < -0.4 is 0 Å². The minimum absolute atomic E-state index is 0.0877. The van der Waals surface area contributed by atoms with Gasteiger partial charge in [-0.15, -0.1) is 0 Å². The Kier molecular flexibility index (Phi) is 5.96. The van der Waals surface area contributed by atoms with Gasteiger partial charge in [0.25, 0.3) is 0 Å². The number of halogens is 3. The SMILES string of the molecule is Cc1ccccc1[C@@H](OC(=O)c1ccc(S(=O)(=O)N(C)C)cc1)C(F)(F)F. The number of sulfonamides is 1. The average molecular weight is 401 g/mol. The third-order valence-corrected chi connectivity index (χ3v) is 5.69. The molecule has 0 unspecified atom stereocenters. The van der Waals surface area contributed by atoms with Crippen molar-refractivity contribution in [2.24, 2.45) is 0 Å². The predicted molar refractivity (Wildman–Crippen MR) is 92.7 cm³/mol. The highest BCUT2D eigenvalue weighted by Crippen LogP contribution is 2.37. The van der Waals surface area contributed by atoms with Crippen LogP contribution in [0.1, 0.15) is 27.6 Å². The molecule has 2 rings (SSSR count). The Balaban J connectivity index is 2.30. The van der Waals surface area contributed by atoms with E-state index in [1.165, 1.54) is 39.2 Å². The van der Waals surface area contributed by atoms with Gasteiger partial charge in [-0.25, -0.2) is 17.5 Å². The molecule has 0 fully saturated rings. The van der Waals surface area contributed by atoms with Crippen LogP contribution in [0.4, 0.5) is 13.2 Å². The molecule has 0 aliphatic heterocycles. The summed E-state index contributed by atoms with van der Waals surface area (Å²) in [5, 5.41) is 0. The molecule has 0 aliphatic carbocycles. The highest BCUT2D eigenvalue weighted by molar-refractivity contribution is 7.89. The van der Waals surface area contributed by atoms with E-state index in [2.05, 4.69) is 0 Å². The molecule has 0 N–H and O–H groups in total. The number of rotatable bonds is 5. The maximum Gasteiger partial charge on any atom is 0.429 e. The number of esters is 1. The van der Waals surface area contributed by atoms with Gasteiger partial charge in [0, 0.05) is 19.7 Å². The summed E-state index contributed by atoms with van der Waals surface area (Å²) in [7, 11) is -1.03. The van der Waals surface area contributed by atoms with E-state index in [-0.39, 0.29) is 16.0 Å². The smallest absolute Gasteiger partial charge is 0.429 e. The van der Waals surface area contributed by atoms with Crippen molar-refractivity contribution in [2.75, 3.05) is 14.1 Å².